The summed E-state index contributed by atoms with van der Waals surface area (Å²) in [5, 5.41) is 0. The van der Waals surface area contributed by atoms with Gasteiger partial charge in [-0.2, -0.15) is 0 Å². The van der Waals surface area contributed by atoms with Crippen LogP contribution in [-0.4, -0.2) is 29.6 Å². The van der Waals surface area contributed by atoms with E-state index < -0.39 is 0 Å². The molecule has 1 saturated heterocycles. The van der Waals surface area contributed by atoms with E-state index in [1.165, 1.54) is 6.54 Å². The Morgan fingerprint density at radius 1 is 1.50 bits per heavy atom. The summed E-state index contributed by atoms with van der Waals surface area (Å²) >= 11 is 0. The Labute approximate surface area is 63.4 Å². The average Bonchev–Trinajstić information content (AvgIpc) is 2.10. The summed E-state index contributed by atoms with van der Waals surface area (Å²) < 4.78 is 0. The Hall–Kier alpha value is -0.0800. The number of likely N-dealkylation sites (tertiary alicyclic amines) is 1. The van der Waals surface area contributed by atoms with Crippen LogP contribution in [0.3, 0.4) is 0 Å². The predicted molar refractivity (Wildman–Crippen MR) is 43.9 cm³/mol. The molecule has 0 aromatic rings. The lowest BCUT2D eigenvalue weighted by Crippen LogP contribution is -2.40. The molecule has 2 nitrogen and oxygen atoms in total. The van der Waals surface area contributed by atoms with Crippen LogP contribution >= 0.6 is 0 Å². The van der Waals surface area contributed by atoms with Crippen molar-refractivity contribution in [3.8, 4) is 0 Å². The van der Waals surface area contributed by atoms with Gasteiger partial charge in [0.1, 0.15) is 0 Å². The molecule has 0 aliphatic carbocycles. The third-order valence-corrected chi connectivity index (χ3v) is 2.26. The molecule has 1 aliphatic heterocycles. The molecular formula is C8H18N2. The number of hydrogen-bond donors (Lipinski definition) is 1. The molecule has 10 heavy (non-hydrogen) atoms. The van der Waals surface area contributed by atoms with Crippen LogP contribution in [0, 0.1) is 0 Å². The monoisotopic (exact) mass is 142 g/mol. The zero-order chi connectivity index (χ0) is 7.78. The molecule has 0 radical (unpaired) electrons. The van der Waals surface area contributed by atoms with Gasteiger partial charge in [-0.25, -0.2) is 0 Å². The van der Waals surface area contributed by atoms with Crippen molar-refractivity contribution in [2.24, 2.45) is 5.73 Å². The fourth-order valence-corrected chi connectivity index (χ4v) is 1.46. The topological polar surface area (TPSA) is 29.3 Å². The Balaban J connectivity index is 2.43. The standard InChI is InChI=1S/C8H18N2/c1-7(2)10-5-4-8(3,9)6-10/h7H,4-6,9H2,1-3H3. The Bertz CT molecular complexity index is 118. The lowest BCUT2D eigenvalue weighted by Gasteiger charge is -2.22. The second-order valence-corrected chi connectivity index (χ2v) is 3.97. The predicted octanol–water partition coefficient (Wildman–Crippen LogP) is 0.818. The molecule has 0 aromatic heterocycles. The number of rotatable bonds is 1. The van der Waals surface area contributed by atoms with Gasteiger partial charge in [0.2, 0.25) is 0 Å². The molecule has 1 atom stereocenters. The van der Waals surface area contributed by atoms with E-state index >= 15 is 0 Å². The minimum atomic E-state index is 0.0737. The van der Waals surface area contributed by atoms with Gasteiger partial charge in [0.25, 0.3) is 0 Å². The number of hydrogen-bond acceptors (Lipinski definition) is 2. The molecule has 2 heteroatoms. The van der Waals surface area contributed by atoms with Gasteiger partial charge in [-0.15, -0.1) is 0 Å². The highest BCUT2D eigenvalue weighted by molar-refractivity contribution is 4.91. The van der Waals surface area contributed by atoms with Crippen LogP contribution in [0.25, 0.3) is 0 Å². The van der Waals surface area contributed by atoms with Crippen LogP contribution in [-0.2, 0) is 0 Å². The molecule has 0 saturated carbocycles. The highest BCUT2D eigenvalue weighted by Crippen LogP contribution is 2.19. The summed E-state index contributed by atoms with van der Waals surface area (Å²) in [6.45, 7) is 8.81. The van der Waals surface area contributed by atoms with Crippen molar-refractivity contribution in [3.63, 3.8) is 0 Å². The zero-order valence-electron chi connectivity index (χ0n) is 7.22. The van der Waals surface area contributed by atoms with Crippen LogP contribution in [0.1, 0.15) is 27.2 Å². The van der Waals surface area contributed by atoms with Crippen molar-refractivity contribution in [3.05, 3.63) is 0 Å². The van der Waals surface area contributed by atoms with E-state index in [2.05, 4.69) is 25.7 Å². The maximum absolute atomic E-state index is 5.96. The van der Waals surface area contributed by atoms with Gasteiger partial charge >= 0.3 is 0 Å². The summed E-state index contributed by atoms with van der Waals surface area (Å²) in [6, 6.07) is 0.658. The molecule has 1 rings (SSSR count). The van der Waals surface area contributed by atoms with E-state index in [0.29, 0.717) is 6.04 Å². The fourth-order valence-electron chi connectivity index (χ4n) is 1.46. The van der Waals surface area contributed by atoms with Crippen LogP contribution < -0.4 is 5.73 Å². The molecular weight excluding hydrogens is 124 g/mol. The van der Waals surface area contributed by atoms with Crippen molar-refractivity contribution >= 4 is 0 Å². The highest BCUT2D eigenvalue weighted by Gasteiger charge is 2.30. The van der Waals surface area contributed by atoms with Crippen molar-refractivity contribution in [2.75, 3.05) is 13.1 Å². The fraction of sp³-hybridized carbons (Fsp3) is 1.00. The van der Waals surface area contributed by atoms with Crippen molar-refractivity contribution in [2.45, 2.75) is 38.8 Å². The van der Waals surface area contributed by atoms with Crippen molar-refractivity contribution < 1.29 is 0 Å². The van der Waals surface area contributed by atoms with Crippen molar-refractivity contribution in [1.29, 1.82) is 0 Å². The molecule has 1 unspecified atom stereocenters. The van der Waals surface area contributed by atoms with E-state index in [-0.39, 0.29) is 5.54 Å². The van der Waals surface area contributed by atoms with E-state index in [1.807, 2.05) is 0 Å². The molecule has 1 fully saturated rings. The minimum absolute atomic E-state index is 0.0737. The molecule has 0 spiro atoms. The Kier molecular flexibility index (Phi) is 2.02. The largest absolute Gasteiger partial charge is 0.324 e. The first kappa shape index (κ1) is 8.02. The average molecular weight is 142 g/mol. The molecule has 2 N–H and O–H groups in total. The first-order valence-electron chi connectivity index (χ1n) is 4.04. The van der Waals surface area contributed by atoms with Gasteiger partial charge in [-0.3, -0.25) is 4.90 Å². The second kappa shape index (κ2) is 2.51. The first-order chi connectivity index (χ1) is 4.51. The van der Waals surface area contributed by atoms with Crippen LogP contribution in [0.15, 0.2) is 0 Å². The van der Waals surface area contributed by atoms with Crippen LogP contribution in [0.4, 0.5) is 0 Å². The normalized spacial score (nSPS) is 35.7. The van der Waals surface area contributed by atoms with E-state index in [9.17, 15) is 0 Å². The first-order valence-corrected chi connectivity index (χ1v) is 4.04. The molecule has 0 amide bonds. The molecule has 1 heterocycles. The molecule has 0 bridgehead atoms. The zero-order valence-corrected chi connectivity index (χ0v) is 7.22. The van der Waals surface area contributed by atoms with Crippen LogP contribution in [0.5, 0.6) is 0 Å². The maximum atomic E-state index is 5.96. The lowest BCUT2D eigenvalue weighted by atomic mass is 10.0. The summed E-state index contributed by atoms with van der Waals surface area (Å²) in [5.41, 5.74) is 6.04. The maximum Gasteiger partial charge on any atom is 0.0267 e. The number of nitrogens with two attached hydrogens (primary N) is 1. The lowest BCUT2D eigenvalue weighted by molar-refractivity contribution is 0.260. The third-order valence-electron chi connectivity index (χ3n) is 2.26. The van der Waals surface area contributed by atoms with Crippen molar-refractivity contribution in [1.82, 2.24) is 4.90 Å². The highest BCUT2D eigenvalue weighted by atomic mass is 15.2. The number of nitrogens with zero attached hydrogens (tertiary/aromatic N) is 1. The summed E-state index contributed by atoms with van der Waals surface area (Å²) in [5.74, 6) is 0. The van der Waals surface area contributed by atoms with Gasteiger partial charge < -0.3 is 5.73 Å². The Morgan fingerprint density at radius 2 is 2.10 bits per heavy atom. The quantitative estimate of drug-likeness (QED) is 0.587. The van der Waals surface area contributed by atoms with Gasteiger partial charge in [-0.1, -0.05) is 0 Å². The summed E-state index contributed by atoms with van der Waals surface area (Å²) in [4.78, 5) is 2.43. The minimum Gasteiger partial charge on any atom is -0.324 e. The van der Waals surface area contributed by atoms with E-state index in [1.54, 1.807) is 0 Å². The van der Waals surface area contributed by atoms with Gasteiger partial charge in [-0.05, 0) is 27.2 Å². The van der Waals surface area contributed by atoms with Crippen LogP contribution in [0.2, 0.25) is 0 Å². The SMILES string of the molecule is CC(C)N1CCC(C)(N)C1. The van der Waals surface area contributed by atoms with E-state index in [0.717, 1.165) is 13.0 Å². The van der Waals surface area contributed by atoms with Gasteiger partial charge in [0.15, 0.2) is 0 Å². The third kappa shape index (κ3) is 1.70. The van der Waals surface area contributed by atoms with E-state index in [4.69, 9.17) is 5.73 Å². The summed E-state index contributed by atoms with van der Waals surface area (Å²) in [7, 11) is 0. The summed E-state index contributed by atoms with van der Waals surface area (Å²) in [6.07, 6.45) is 1.14. The molecule has 0 aromatic carbocycles. The second-order valence-electron chi connectivity index (χ2n) is 3.97. The van der Waals surface area contributed by atoms with Gasteiger partial charge in [0, 0.05) is 24.7 Å². The molecule has 1 aliphatic rings. The Morgan fingerprint density at radius 3 is 2.30 bits per heavy atom. The smallest absolute Gasteiger partial charge is 0.0267 e. The molecule has 60 valence electrons. The van der Waals surface area contributed by atoms with Gasteiger partial charge in [0.05, 0.1) is 0 Å².